The number of furan rings is 1. The lowest BCUT2D eigenvalue weighted by atomic mass is 10.1. The van der Waals surface area contributed by atoms with E-state index in [9.17, 15) is 9.59 Å². The molecule has 2 aromatic heterocycles. The third kappa shape index (κ3) is 3.11. The quantitative estimate of drug-likeness (QED) is 0.783. The number of aromatic nitrogens is 1. The molecule has 1 amide bonds. The molecule has 2 heterocycles. The second-order valence-corrected chi connectivity index (χ2v) is 5.84. The van der Waals surface area contributed by atoms with E-state index in [0.717, 1.165) is 17.4 Å². The van der Waals surface area contributed by atoms with Crippen LogP contribution in [0.15, 0.2) is 51.9 Å². The minimum absolute atomic E-state index is 0.124. The van der Waals surface area contributed by atoms with Crippen LogP contribution < -0.4 is 10.9 Å². The highest BCUT2D eigenvalue weighted by atomic mass is 16.3. The van der Waals surface area contributed by atoms with Gasteiger partial charge in [0.15, 0.2) is 0 Å². The molecule has 0 unspecified atom stereocenters. The summed E-state index contributed by atoms with van der Waals surface area (Å²) in [6, 6.07) is 11.0. The van der Waals surface area contributed by atoms with Crippen molar-refractivity contribution in [1.29, 1.82) is 0 Å². The number of carbonyl (C=O) groups is 1. The van der Waals surface area contributed by atoms with Crippen molar-refractivity contribution in [2.45, 2.75) is 33.4 Å². The zero-order valence-electron chi connectivity index (χ0n) is 13.8. The number of pyridine rings is 1. The van der Waals surface area contributed by atoms with Gasteiger partial charge < -0.3 is 14.3 Å². The smallest absolute Gasteiger partial charge is 0.268 e. The van der Waals surface area contributed by atoms with Crippen molar-refractivity contribution in [1.82, 2.24) is 9.88 Å². The maximum atomic E-state index is 12.8. The average Bonchev–Trinajstić information content (AvgIpc) is 3.09. The van der Waals surface area contributed by atoms with Crippen LogP contribution in [-0.2, 0) is 13.1 Å². The number of nitrogens with zero attached hydrogens (tertiary/aromatic N) is 1. The molecule has 1 aromatic carbocycles. The van der Waals surface area contributed by atoms with Gasteiger partial charge in [-0.15, -0.1) is 0 Å². The van der Waals surface area contributed by atoms with Crippen LogP contribution in [0.4, 0.5) is 0 Å². The van der Waals surface area contributed by atoms with E-state index in [-0.39, 0.29) is 18.0 Å². The molecule has 0 bridgehead atoms. The van der Waals surface area contributed by atoms with E-state index in [1.807, 2.05) is 32.0 Å². The summed E-state index contributed by atoms with van der Waals surface area (Å²) < 4.78 is 6.78. The monoisotopic (exact) mass is 324 g/mol. The van der Waals surface area contributed by atoms with Gasteiger partial charge in [-0.2, -0.15) is 0 Å². The van der Waals surface area contributed by atoms with Crippen molar-refractivity contribution in [3.8, 4) is 0 Å². The van der Waals surface area contributed by atoms with E-state index in [1.165, 1.54) is 0 Å². The molecule has 3 aromatic rings. The lowest BCUT2D eigenvalue weighted by Gasteiger charge is -2.14. The molecule has 0 aliphatic heterocycles. The first-order valence-corrected chi connectivity index (χ1v) is 8.05. The van der Waals surface area contributed by atoms with Crippen LogP contribution in [0.25, 0.3) is 10.8 Å². The Balaban J connectivity index is 2.01. The largest absolute Gasteiger partial charge is 0.467 e. The van der Waals surface area contributed by atoms with Crippen molar-refractivity contribution < 1.29 is 9.21 Å². The third-order valence-electron chi connectivity index (χ3n) is 3.95. The summed E-state index contributed by atoms with van der Waals surface area (Å²) in [5.74, 6) is 0.392. The Morgan fingerprint density at radius 3 is 2.79 bits per heavy atom. The van der Waals surface area contributed by atoms with Gasteiger partial charge in [0.1, 0.15) is 11.5 Å². The normalized spacial score (nSPS) is 10.9. The average molecular weight is 324 g/mol. The summed E-state index contributed by atoms with van der Waals surface area (Å²) in [6.45, 7) is 4.73. The number of aryl methyl sites for hydroxylation is 1. The first kappa shape index (κ1) is 16.1. The maximum Gasteiger partial charge on any atom is 0.268 e. The van der Waals surface area contributed by atoms with Gasteiger partial charge in [0.05, 0.1) is 12.8 Å². The predicted octanol–water partition coefficient (Wildman–Crippen LogP) is 3.24. The number of nitrogens with one attached hydrogen (secondary N) is 1. The van der Waals surface area contributed by atoms with E-state index < -0.39 is 0 Å². The van der Waals surface area contributed by atoms with Crippen LogP contribution in [0.2, 0.25) is 0 Å². The lowest BCUT2D eigenvalue weighted by Crippen LogP contribution is -2.32. The van der Waals surface area contributed by atoms with Gasteiger partial charge in [-0.05, 0) is 43.0 Å². The van der Waals surface area contributed by atoms with Crippen LogP contribution in [0.3, 0.4) is 0 Å². The first-order chi connectivity index (χ1) is 11.6. The Morgan fingerprint density at radius 2 is 2.08 bits per heavy atom. The molecule has 0 atom stereocenters. The van der Waals surface area contributed by atoms with Crippen LogP contribution in [0.5, 0.6) is 0 Å². The summed E-state index contributed by atoms with van der Waals surface area (Å²) in [7, 11) is 0. The van der Waals surface area contributed by atoms with Crippen molar-refractivity contribution in [3.63, 3.8) is 0 Å². The molecule has 3 rings (SSSR count). The van der Waals surface area contributed by atoms with Crippen LogP contribution in [-0.4, -0.2) is 10.5 Å². The second kappa shape index (κ2) is 6.74. The number of fused-ring (bicyclic) bond motifs is 1. The number of rotatable bonds is 5. The Labute approximate surface area is 139 Å². The van der Waals surface area contributed by atoms with Gasteiger partial charge >= 0.3 is 0 Å². The predicted molar refractivity (Wildman–Crippen MR) is 93.1 cm³/mol. The van der Waals surface area contributed by atoms with Crippen LogP contribution in [0.1, 0.15) is 35.2 Å². The van der Waals surface area contributed by atoms with E-state index >= 15 is 0 Å². The summed E-state index contributed by atoms with van der Waals surface area (Å²) in [5, 5.41) is 4.23. The minimum Gasteiger partial charge on any atom is -0.467 e. The van der Waals surface area contributed by atoms with Gasteiger partial charge in [0, 0.05) is 11.9 Å². The summed E-state index contributed by atoms with van der Waals surface area (Å²) >= 11 is 0. The van der Waals surface area contributed by atoms with Crippen LogP contribution in [0, 0.1) is 6.92 Å². The zero-order valence-corrected chi connectivity index (χ0v) is 13.8. The van der Waals surface area contributed by atoms with Crippen molar-refractivity contribution in [3.05, 3.63) is 70.0 Å². The molecule has 124 valence electrons. The molecule has 1 N–H and O–H groups in total. The molecule has 0 aliphatic rings. The van der Waals surface area contributed by atoms with Crippen LogP contribution >= 0.6 is 0 Å². The molecule has 0 aliphatic carbocycles. The van der Waals surface area contributed by atoms with Crippen molar-refractivity contribution in [2.24, 2.45) is 0 Å². The fraction of sp³-hybridized carbons (Fsp3) is 0.263. The molecule has 0 saturated heterocycles. The molecule has 24 heavy (non-hydrogen) atoms. The Hall–Kier alpha value is -2.82. The Bertz CT molecular complexity index is 924. The highest BCUT2D eigenvalue weighted by molar-refractivity contribution is 5.96. The molecule has 0 saturated carbocycles. The van der Waals surface area contributed by atoms with E-state index in [2.05, 4.69) is 5.32 Å². The lowest BCUT2D eigenvalue weighted by molar-refractivity contribution is 0.0937. The van der Waals surface area contributed by atoms with Gasteiger partial charge in [-0.1, -0.05) is 24.6 Å². The molecule has 0 spiro atoms. The Kier molecular flexibility index (Phi) is 4.51. The topological polar surface area (TPSA) is 64.2 Å². The summed E-state index contributed by atoms with van der Waals surface area (Å²) in [6.07, 6.45) is 2.34. The second-order valence-electron chi connectivity index (χ2n) is 5.84. The fourth-order valence-electron chi connectivity index (χ4n) is 2.77. The molecular weight excluding hydrogens is 304 g/mol. The SMILES string of the molecule is CCCn1c(C(=O)NCc2ccco2)cc2ccc(C)cc2c1=O. The van der Waals surface area contributed by atoms with Gasteiger partial charge in [0.25, 0.3) is 11.5 Å². The van der Waals surface area contributed by atoms with Gasteiger partial charge in [-0.3, -0.25) is 9.59 Å². The zero-order chi connectivity index (χ0) is 17.1. The molecular formula is C19H20N2O3. The number of hydrogen-bond acceptors (Lipinski definition) is 3. The fourth-order valence-corrected chi connectivity index (χ4v) is 2.77. The van der Waals surface area contributed by atoms with Gasteiger partial charge in [0.2, 0.25) is 0 Å². The Morgan fingerprint density at radius 1 is 1.25 bits per heavy atom. The standard InChI is InChI=1S/C19H20N2O3/c1-3-8-21-17(18(22)20-12-15-5-4-9-24-15)11-14-7-6-13(2)10-16(14)19(21)23/h4-7,9-11H,3,8,12H2,1-2H3,(H,20,22). The number of amides is 1. The molecule has 0 fully saturated rings. The van der Waals surface area contributed by atoms with E-state index in [1.54, 1.807) is 29.0 Å². The van der Waals surface area contributed by atoms with E-state index in [0.29, 0.717) is 23.4 Å². The molecule has 5 nitrogen and oxygen atoms in total. The van der Waals surface area contributed by atoms with Crippen molar-refractivity contribution >= 4 is 16.7 Å². The minimum atomic E-state index is -0.278. The number of hydrogen-bond donors (Lipinski definition) is 1. The maximum absolute atomic E-state index is 12.8. The summed E-state index contributed by atoms with van der Waals surface area (Å²) in [4.78, 5) is 25.4. The summed E-state index contributed by atoms with van der Waals surface area (Å²) in [5.41, 5.74) is 1.28. The molecule has 0 radical (unpaired) electrons. The number of carbonyl (C=O) groups excluding carboxylic acids is 1. The highest BCUT2D eigenvalue weighted by Gasteiger charge is 2.15. The highest BCUT2D eigenvalue weighted by Crippen LogP contribution is 2.15. The number of benzene rings is 1. The third-order valence-corrected chi connectivity index (χ3v) is 3.95. The van der Waals surface area contributed by atoms with E-state index in [4.69, 9.17) is 4.42 Å². The van der Waals surface area contributed by atoms with Gasteiger partial charge in [-0.25, -0.2) is 0 Å². The van der Waals surface area contributed by atoms with Crippen molar-refractivity contribution in [2.75, 3.05) is 0 Å². The molecule has 5 heteroatoms. The first-order valence-electron chi connectivity index (χ1n) is 8.05.